The van der Waals surface area contributed by atoms with E-state index in [1.54, 1.807) is 0 Å². The molecular formula is C19H25ClN4O. The second-order valence-electron chi connectivity index (χ2n) is 6.39. The highest BCUT2D eigenvalue weighted by molar-refractivity contribution is 5.89. The molecule has 2 aromatic heterocycles. The van der Waals surface area contributed by atoms with Gasteiger partial charge in [0.05, 0.1) is 22.4 Å². The number of H-pyrrole nitrogens is 1. The molecule has 134 valence electrons. The van der Waals surface area contributed by atoms with Gasteiger partial charge in [-0.25, -0.2) is 9.97 Å². The molecule has 4 N–H and O–H groups in total. The van der Waals surface area contributed by atoms with Gasteiger partial charge in [0.15, 0.2) is 0 Å². The van der Waals surface area contributed by atoms with E-state index in [0.717, 1.165) is 48.5 Å². The van der Waals surface area contributed by atoms with Crippen LogP contribution in [0.2, 0.25) is 0 Å². The molecule has 0 unspecified atom stereocenters. The normalized spacial score (nSPS) is 14.8. The number of piperidine rings is 1. The predicted octanol–water partition coefficient (Wildman–Crippen LogP) is 3.31. The maximum absolute atomic E-state index is 4.80. The van der Waals surface area contributed by atoms with E-state index in [0.29, 0.717) is 5.92 Å². The molecule has 6 heteroatoms. The Bertz CT molecular complexity index is 842. The Balaban J connectivity index is 0.00000113. The molecule has 0 aliphatic carbocycles. The Kier molecular flexibility index (Phi) is 6.16. The van der Waals surface area contributed by atoms with Crippen LogP contribution in [0.25, 0.3) is 22.3 Å². The summed E-state index contributed by atoms with van der Waals surface area (Å²) in [5, 5.41) is 3.44. The molecule has 1 aliphatic rings. The molecule has 0 bridgehead atoms. The van der Waals surface area contributed by atoms with E-state index in [2.05, 4.69) is 41.5 Å². The van der Waals surface area contributed by atoms with Crippen LogP contribution in [0.1, 0.15) is 35.8 Å². The minimum Gasteiger partial charge on any atom is -0.412 e. The molecule has 1 aliphatic heterocycles. The molecule has 0 saturated carbocycles. The third-order valence-electron chi connectivity index (χ3n) is 4.82. The highest BCUT2D eigenvalue weighted by atomic mass is 35.5. The van der Waals surface area contributed by atoms with E-state index in [4.69, 9.17) is 9.97 Å². The molecule has 1 aromatic carbocycles. The number of rotatable bonds is 2. The molecule has 3 aromatic rings. The SMILES string of the molecule is Cc1nc(C2CCNCC2)c2[nH]c(-c3ccccc3)c(C)c2n1.Cl.O. The van der Waals surface area contributed by atoms with Gasteiger partial charge >= 0.3 is 0 Å². The van der Waals surface area contributed by atoms with Gasteiger partial charge in [0.1, 0.15) is 5.82 Å². The summed E-state index contributed by atoms with van der Waals surface area (Å²) in [5.74, 6) is 1.38. The zero-order valence-electron chi connectivity index (χ0n) is 14.6. The number of nitrogens with zero attached hydrogens (tertiary/aromatic N) is 2. The molecule has 0 amide bonds. The van der Waals surface area contributed by atoms with Gasteiger partial charge in [0.25, 0.3) is 0 Å². The van der Waals surface area contributed by atoms with E-state index in [1.807, 2.05) is 13.0 Å². The Morgan fingerprint density at radius 2 is 1.68 bits per heavy atom. The number of hydrogen-bond donors (Lipinski definition) is 2. The maximum Gasteiger partial charge on any atom is 0.126 e. The number of hydrogen-bond acceptors (Lipinski definition) is 3. The van der Waals surface area contributed by atoms with Gasteiger partial charge < -0.3 is 15.8 Å². The van der Waals surface area contributed by atoms with E-state index >= 15 is 0 Å². The van der Waals surface area contributed by atoms with E-state index < -0.39 is 0 Å². The Labute approximate surface area is 154 Å². The summed E-state index contributed by atoms with van der Waals surface area (Å²) < 4.78 is 0. The van der Waals surface area contributed by atoms with Crippen molar-refractivity contribution in [3.05, 3.63) is 47.4 Å². The van der Waals surface area contributed by atoms with Crippen LogP contribution in [0.15, 0.2) is 30.3 Å². The van der Waals surface area contributed by atoms with E-state index in [-0.39, 0.29) is 17.9 Å². The van der Waals surface area contributed by atoms with Gasteiger partial charge in [-0.15, -0.1) is 12.4 Å². The summed E-state index contributed by atoms with van der Waals surface area (Å²) in [5.41, 5.74) is 6.97. The first-order valence-electron chi connectivity index (χ1n) is 8.37. The second-order valence-corrected chi connectivity index (χ2v) is 6.39. The third kappa shape index (κ3) is 3.54. The lowest BCUT2D eigenvalue weighted by atomic mass is 9.93. The molecule has 0 radical (unpaired) electrons. The molecule has 1 fully saturated rings. The van der Waals surface area contributed by atoms with Crippen molar-refractivity contribution in [3.63, 3.8) is 0 Å². The molecule has 3 heterocycles. The summed E-state index contributed by atoms with van der Waals surface area (Å²) in [6.45, 7) is 6.29. The number of halogens is 1. The number of nitrogens with one attached hydrogen (secondary N) is 2. The molecular weight excluding hydrogens is 336 g/mol. The molecule has 25 heavy (non-hydrogen) atoms. The van der Waals surface area contributed by atoms with Crippen molar-refractivity contribution in [2.45, 2.75) is 32.6 Å². The first-order valence-corrected chi connectivity index (χ1v) is 8.37. The zero-order chi connectivity index (χ0) is 15.8. The zero-order valence-corrected chi connectivity index (χ0v) is 15.4. The maximum atomic E-state index is 4.80. The van der Waals surface area contributed by atoms with Crippen molar-refractivity contribution in [3.8, 4) is 11.3 Å². The van der Waals surface area contributed by atoms with Gasteiger partial charge in [-0.2, -0.15) is 0 Å². The molecule has 1 saturated heterocycles. The number of benzene rings is 1. The Morgan fingerprint density at radius 3 is 2.36 bits per heavy atom. The van der Waals surface area contributed by atoms with Crippen LogP contribution in [0, 0.1) is 13.8 Å². The van der Waals surface area contributed by atoms with Crippen LogP contribution < -0.4 is 5.32 Å². The minimum atomic E-state index is 0. The quantitative estimate of drug-likeness (QED) is 0.735. The molecule has 0 spiro atoms. The van der Waals surface area contributed by atoms with Crippen LogP contribution in [-0.4, -0.2) is 33.5 Å². The number of aromatic nitrogens is 3. The monoisotopic (exact) mass is 360 g/mol. The van der Waals surface area contributed by atoms with Crippen molar-refractivity contribution in [2.75, 3.05) is 13.1 Å². The van der Waals surface area contributed by atoms with Gasteiger partial charge in [-0.1, -0.05) is 30.3 Å². The smallest absolute Gasteiger partial charge is 0.126 e. The fraction of sp³-hybridized carbons (Fsp3) is 0.368. The average molecular weight is 361 g/mol. The molecule has 0 atom stereocenters. The second kappa shape index (κ2) is 7.95. The van der Waals surface area contributed by atoms with Gasteiger partial charge in [-0.3, -0.25) is 0 Å². The van der Waals surface area contributed by atoms with E-state index in [9.17, 15) is 0 Å². The lowest BCUT2D eigenvalue weighted by molar-refractivity contribution is 0.454. The van der Waals surface area contributed by atoms with Crippen molar-refractivity contribution in [1.82, 2.24) is 20.3 Å². The Hall–Kier alpha value is -1.95. The highest BCUT2D eigenvalue weighted by Gasteiger charge is 2.23. The largest absolute Gasteiger partial charge is 0.412 e. The fourth-order valence-electron chi connectivity index (χ4n) is 3.61. The van der Waals surface area contributed by atoms with Crippen LogP contribution in [-0.2, 0) is 0 Å². The topological polar surface area (TPSA) is 85.1 Å². The minimum absolute atomic E-state index is 0. The van der Waals surface area contributed by atoms with Crippen LogP contribution in [0.4, 0.5) is 0 Å². The average Bonchev–Trinajstić information content (AvgIpc) is 2.93. The highest BCUT2D eigenvalue weighted by Crippen LogP contribution is 2.34. The van der Waals surface area contributed by atoms with E-state index in [1.165, 1.54) is 16.8 Å². The lowest BCUT2D eigenvalue weighted by Crippen LogP contribution is -2.27. The first-order chi connectivity index (χ1) is 11.2. The van der Waals surface area contributed by atoms with Crippen LogP contribution in [0.3, 0.4) is 0 Å². The van der Waals surface area contributed by atoms with Crippen LogP contribution >= 0.6 is 12.4 Å². The number of aryl methyl sites for hydroxylation is 2. The van der Waals surface area contributed by atoms with Gasteiger partial charge in [-0.05, 0) is 45.3 Å². The first kappa shape index (κ1) is 19.4. The van der Waals surface area contributed by atoms with Gasteiger partial charge in [0.2, 0.25) is 0 Å². The molecule has 4 rings (SSSR count). The third-order valence-corrected chi connectivity index (χ3v) is 4.82. The summed E-state index contributed by atoms with van der Waals surface area (Å²) in [7, 11) is 0. The molecule has 5 nitrogen and oxygen atoms in total. The summed E-state index contributed by atoms with van der Waals surface area (Å²) in [6.07, 6.45) is 2.29. The standard InChI is InChI=1S/C19H22N4.ClH.H2O/c1-12-16(14-6-4-3-5-7-14)23-19-17(12)21-13(2)22-18(19)15-8-10-20-11-9-15;;/h3-7,15,20,23H,8-11H2,1-2H3;1H;1H2. The van der Waals surface area contributed by atoms with Crippen molar-refractivity contribution < 1.29 is 5.48 Å². The number of fused-ring (bicyclic) bond motifs is 1. The van der Waals surface area contributed by atoms with Gasteiger partial charge in [0, 0.05) is 11.5 Å². The van der Waals surface area contributed by atoms with Crippen molar-refractivity contribution in [2.24, 2.45) is 0 Å². The predicted molar refractivity (Wildman–Crippen MR) is 105 cm³/mol. The van der Waals surface area contributed by atoms with Crippen LogP contribution in [0.5, 0.6) is 0 Å². The van der Waals surface area contributed by atoms with Crippen molar-refractivity contribution in [1.29, 1.82) is 0 Å². The number of aromatic amines is 1. The summed E-state index contributed by atoms with van der Waals surface area (Å²) in [4.78, 5) is 13.1. The summed E-state index contributed by atoms with van der Waals surface area (Å²) in [6, 6.07) is 10.5. The summed E-state index contributed by atoms with van der Waals surface area (Å²) >= 11 is 0. The lowest BCUT2D eigenvalue weighted by Gasteiger charge is -2.22. The fourth-order valence-corrected chi connectivity index (χ4v) is 3.61. The Morgan fingerprint density at radius 1 is 1.00 bits per heavy atom. The van der Waals surface area contributed by atoms with Crippen molar-refractivity contribution >= 4 is 23.4 Å².